The SMILES string of the molecule is CCCc1ccc2ccccc2c1-c1ccccc1. The quantitative estimate of drug-likeness (QED) is 0.575. The first-order valence-electron chi connectivity index (χ1n) is 6.96. The van der Waals surface area contributed by atoms with E-state index in [1.807, 2.05) is 0 Å². The second kappa shape index (κ2) is 5.27. The molecule has 0 nitrogen and oxygen atoms in total. The second-order valence-electron chi connectivity index (χ2n) is 4.94. The number of aryl methyl sites for hydroxylation is 1. The van der Waals surface area contributed by atoms with Crippen molar-refractivity contribution in [2.75, 3.05) is 0 Å². The topological polar surface area (TPSA) is 0 Å². The molecular weight excluding hydrogens is 228 g/mol. The first-order valence-corrected chi connectivity index (χ1v) is 6.96. The Morgan fingerprint density at radius 1 is 0.737 bits per heavy atom. The summed E-state index contributed by atoms with van der Waals surface area (Å²) in [5, 5.41) is 2.68. The first kappa shape index (κ1) is 12.0. The zero-order valence-corrected chi connectivity index (χ0v) is 11.3. The van der Waals surface area contributed by atoms with Gasteiger partial charge in [0.1, 0.15) is 0 Å². The van der Waals surface area contributed by atoms with E-state index >= 15 is 0 Å². The summed E-state index contributed by atoms with van der Waals surface area (Å²) < 4.78 is 0. The molecule has 0 heterocycles. The molecule has 3 aromatic carbocycles. The van der Waals surface area contributed by atoms with E-state index in [2.05, 4.69) is 73.7 Å². The molecule has 19 heavy (non-hydrogen) atoms. The Morgan fingerprint density at radius 3 is 2.26 bits per heavy atom. The fraction of sp³-hybridized carbons (Fsp3) is 0.158. The van der Waals surface area contributed by atoms with E-state index in [0.29, 0.717) is 0 Å². The molecule has 0 heteroatoms. The summed E-state index contributed by atoms with van der Waals surface area (Å²) in [5.74, 6) is 0. The van der Waals surface area contributed by atoms with Crippen LogP contribution in [0.5, 0.6) is 0 Å². The predicted molar refractivity (Wildman–Crippen MR) is 83.4 cm³/mol. The standard InChI is InChI=1S/C19H18/c1-2-8-16-14-13-15-9-6-7-12-18(15)19(16)17-10-4-3-5-11-17/h3-7,9-14H,2,8H2,1H3. The van der Waals surface area contributed by atoms with Gasteiger partial charge in [0.15, 0.2) is 0 Å². The van der Waals surface area contributed by atoms with Gasteiger partial charge < -0.3 is 0 Å². The average molecular weight is 246 g/mol. The minimum absolute atomic E-state index is 1.13. The van der Waals surface area contributed by atoms with Gasteiger partial charge in [-0.05, 0) is 33.9 Å². The van der Waals surface area contributed by atoms with Gasteiger partial charge in [0.05, 0.1) is 0 Å². The monoisotopic (exact) mass is 246 g/mol. The normalized spacial score (nSPS) is 10.8. The van der Waals surface area contributed by atoms with E-state index in [1.165, 1.54) is 33.9 Å². The third-order valence-electron chi connectivity index (χ3n) is 3.60. The summed E-state index contributed by atoms with van der Waals surface area (Å²) in [4.78, 5) is 0. The molecule has 94 valence electrons. The highest BCUT2D eigenvalue weighted by Gasteiger charge is 2.08. The third-order valence-corrected chi connectivity index (χ3v) is 3.60. The number of fused-ring (bicyclic) bond motifs is 1. The Kier molecular flexibility index (Phi) is 3.33. The van der Waals surface area contributed by atoms with Gasteiger partial charge in [-0.1, -0.05) is 80.1 Å². The van der Waals surface area contributed by atoms with Crippen molar-refractivity contribution in [2.24, 2.45) is 0 Å². The molecule has 0 amide bonds. The van der Waals surface area contributed by atoms with Crippen molar-refractivity contribution in [2.45, 2.75) is 19.8 Å². The largest absolute Gasteiger partial charge is 0.0651 e. The smallest absolute Gasteiger partial charge is 0.00733 e. The van der Waals surface area contributed by atoms with Crippen LogP contribution in [0.2, 0.25) is 0 Å². The van der Waals surface area contributed by atoms with Crippen molar-refractivity contribution < 1.29 is 0 Å². The maximum absolute atomic E-state index is 2.29. The number of benzene rings is 3. The van der Waals surface area contributed by atoms with Crippen LogP contribution in [-0.4, -0.2) is 0 Å². The highest BCUT2D eigenvalue weighted by Crippen LogP contribution is 2.32. The minimum Gasteiger partial charge on any atom is -0.0651 e. The Bertz CT molecular complexity index is 681. The van der Waals surface area contributed by atoms with E-state index in [-0.39, 0.29) is 0 Å². The van der Waals surface area contributed by atoms with Crippen LogP contribution in [0.1, 0.15) is 18.9 Å². The maximum atomic E-state index is 2.29. The fourth-order valence-corrected chi connectivity index (χ4v) is 2.74. The summed E-state index contributed by atoms with van der Waals surface area (Å²) in [6, 6.07) is 23.9. The fourth-order valence-electron chi connectivity index (χ4n) is 2.74. The van der Waals surface area contributed by atoms with Crippen LogP contribution in [-0.2, 0) is 6.42 Å². The number of rotatable bonds is 3. The maximum Gasteiger partial charge on any atom is -0.00733 e. The molecule has 0 aliphatic rings. The Hall–Kier alpha value is -2.08. The molecule has 0 spiro atoms. The first-order chi connectivity index (χ1) is 9.40. The molecule has 0 fully saturated rings. The van der Waals surface area contributed by atoms with E-state index in [0.717, 1.165) is 6.42 Å². The molecule has 0 atom stereocenters. The van der Waals surface area contributed by atoms with Gasteiger partial charge >= 0.3 is 0 Å². The number of hydrogen-bond donors (Lipinski definition) is 0. The molecule has 0 radical (unpaired) electrons. The average Bonchev–Trinajstić information content (AvgIpc) is 2.48. The molecule has 3 rings (SSSR count). The molecule has 0 saturated heterocycles. The van der Waals surface area contributed by atoms with E-state index in [1.54, 1.807) is 0 Å². The van der Waals surface area contributed by atoms with Crippen molar-refractivity contribution in [3.8, 4) is 11.1 Å². The second-order valence-corrected chi connectivity index (χ2v) is 4.94. The van der Waals surface area contributed by atoms with Crippen molar-refractivity contribution >= 4 is 10.8 Å². The molecule has 0 N–H and O–H groups in total. The summed E-state index contributed by atoms with van der Waals surface area (Å²) in [6.07, 6.45) is 2.31. The van der Waals surface area contributed by atoms with Crippen molar-refractivity contribution in [1.29, 1.82) is 0 Å². The van der Waals surface area contributed by atoms with Crippen LogP contribution in [0.15, 0.2) is 66.7 Å². The van der Waals surface area contributed by atoms with Gasteiger partial charge in [-0.15, -0.1) is 0 Å². The van der Waals surface area contributed by atoms with Crippen LogP contribution in [0, 0.1) is 0 Å². The molecule has 0 aliphatic carbocycles. The van der Waals surface area contributed by atoms with Crippen molar-refractivity contribution in [3.63, 3.8) is 0 Å². The summed E-state index contributed by atoms with van der Waals surface area (Å²) in [5.41, 5.74) is 4.18. The van der Waals surface area contributed by atoms with Crippen LogP contribution in [0.3, 0.4) is 0 Å². The Morgan fingerprint density at radius 2 is 1.47 bits per heavy atom. The minimum atomic E-state index is 1.13. The summed E-state index contributed by atoms with van der Waals surface area (Å²) in [7, 11) is 0. The Labute approximate surface area is 114 Å². The van der Waals surface area contributed by atoms with Gasteiger partial charge in [0, 0.05) is 0 Å². The van der Waals surface area contributed by atoms with Crippen LogP contribution in [0.4, 0.5) is 0 Å². The lowest BCUT2D eigenvalue weighted by Crippen LogP contribution is -1.91. The van der Waals surface area contributed by atoms with Gasteiger partial charge in [-0.2, -0.15) is 0 Å². The van der Waals surface area contributed by atoms with Gasteiger partial charge in [0.2, 0.25) is 0 Å². The molecular formula is C19H18. The molecule has 3 aromatic rings. The molecule has 0 bridgehead atoms. The lowest BCUT2D eigenvalue weighted by Gasteiger charge is -2.13. The predicted octanol–water partition coefficient (Wildman–Crippen LogP) is 5.46. The zero-order valence-electron chi connectivity index (χ0n) is 11.3. The highest BCUT2D eigenvalue weighted by atomic mass is 14.1. The van der Waals surface area contributed by atoms with Crippen LogP contribution < -0.4 is 0 Å². The van der Waals surface area contributed by atoms with E-state index < -0.39 is 0 Å². The van der Waals surface area contributed by atoms with Gasteiger partial charge in [0.25, 0.3) is 0 Å². The third kappa shape index (κ3) is 2.26. The van der Waals surface area contributed by atoms with E-state index in [4.69, 9.17) is 0 Å². The van der Waals surface area contributed by atoms with E-state index in [9.17, 15) is 0 Å². The number of hydrogen-bond acceptors (Lipinski definition) is 0. The molecule has 0 saturated carbocycles. The summed E-state index contributed by atoms with van der Waals surface area (Å²) >= 11 is 0. The van der Waals surface area contributed by atoms with Gasteiger partial charge in [-0.25, -0.2) is 0 Å². The van der Waals surface area contributed by atoms with Crippen molar-refractivity contribution in [3.05, 3.63) is 72.3 Å². The Balaban J connectivity index is 2.32. The lowest BCUT2D eigenvalue weighted by molar-refractivity contribution is 0.925. The molecule has 0 unspecified atom stereocenters. The molecule has 0 aromatic heterocycles. The summed E-state index contributed by atoms with van der Waals surface area (Å²) in [6.45, 7) is 2.24. The molecule has 0 aliphatic heterocycles. The van der Waals surface area contributed by atoms with Crippen molar-refractivity contribution in [1.82, 2.24) is 0 Å². The van der Waals surface area contributed by atoms with Crippen LogP contribution >= 0.6 is 0 Å². The highest BCUT2D eigenvalue weighted by molar-refractivity contribution is 5.98. The van der Waals surface area contributed by atoms with Gasteiger partial charge in [-0.3, -0.25) is 0 Å². The van der Waals surface area contributed by atoms with Crippen LogP contribution in [0.25, 0.3) is 21.9 Å². The lowest BCUT2D eigenvalue weighted by atomic mass is 9.91. The zero-order chi connectivity index (χ0) is 13.1.